The van der Waals surface area contributed by atoms with Crippen molar-refractivity contribution in [1.82, 2.24) is 5.32 Å². The highest BCUT2D eigenvalue weighted by Crippen LogP contribution is 2.25. The van der Waals surface area contributed by atoms with E-state index in [0.29, 0.717) is 0 Å². The van der Waals surface area contributed by atoms with E-state index in [9.17, 15) is 0 Å². The van der Waals surface area contributed by atoms with Gasteiger partial charge in [0.2, 0.25) is 0 Å². The maximum Gasteiger partial charge on any atom is 0.0133 e. The van der Waals surface area contributed by atoms with Gasteiger partial charge in [-0.2, -0.15) is 0 Å². The molecule has 1 rings (SSSR count). The average molecular weight is 141 g/mol. The highest BCUT2D eigenvalue weighted by molar-refractivity contribution is 4.89. The average Bonchev–Trinajstić information content (AvgIpc) is 1.84. The molecule has 0 aromatic heterocycles. The van der Waals surface area contributed by atoms with Crippen LogP contribution in [0.1, 0.15) is 27.7 Å². The zero-order valence-electron chi connectivity index (χ0n) is 7.52. The predicted octanol–water partition coefficient (Wildman–Crippen LogP) is 1.89. The Morgan fingerprint density at radius 3 is 2.00 bits per heavy atom. The molecule has 1 aliphatic heterocycles. The van der Waals surface area contributed by atoms with Crippen LogP contribution in [0, 0.1) is 17.8 Å². The number of hydrogen-bond donors (Lipinski definition) is 1. The first-order valence-corrected chi connectivity index (χ1v) is 4.36. The second kappa shape index (κ2) is 2.91. The molecule has 1 heterocycles. The Labute approximate surface area is 64.2 Å². The first-order valence-electron chi connectivity index (χ1n) is 4.36. The number of rotatable bonds is 2. The fraction of sp³-hybridized carbons (Fsp3) is 1.00. The van der Waals surface area contributed by atoms with Gasteiger partial charge in [0, 0.05) is 6.04 Å². The molecular formula is C9H19N. The van der Waals surface area contributed by atoms with Crippen molar-refractivity contribution in [2.24, 2.45) is 17.8 Å². The summed E-state index contributed by atoms with van der Waals surface area (Å²) in [5.74, 6) is 2.56. The maximum absolute atomic E-state index is 3.48. The van der Waals surface area contributed by atoms with Crippen LogP contribution >= 0.6 is 0 Å². The summed E-state index contributed by atoms with van der Waals surface area (Å²) in [6.07, 6.45) is 0. The normalized spacial score (nSPS) is 35.7. The third kappa shape index (κ3) is 1.34. The van der Waals surface area contributed by atoms with Gasteiger partial charge in [-0.25, -0.2) is 0 Å². The molecule has 10 heavy (non-hydrogen) atoms. The van der Waals surface area contributed by atoms with E-state index in [1.807, 2.05) is 0 Å². The van der Waals surface area contributed by atoms with E-state index in [4.69, 9.17) is 0 Å². The lowest BCUT2D eigenvalue weighted by Crippen LogP contribution is -2.55. The van der Waals surface area contributed by atoms with Crippen LogP contribution in [0.15, 0.2) is 0 Å². The van der Waals surface area contributed by atoms with E-state index in [2.05, 4.69) is 33.0 Å². The first kappa shape index (κ1) is 8.06. The third-order valence-corrected chi connectivity index (χ3v) is 2.91. The van der Waals surface area contributed by atoms with Crippen LogP contribution < -0.4 is 5.32 Å². The van der Waals surface area contributed by atoms with E-state index >= 15 is 0 Å². The first-order chi connectivity index (χ1) is 4.63. The fourth-order valence-electron chi connectivity index (χ4n) is 1.61. The van der Waals surface area contributed by atoms with Crippen LogP contribution in [0.25, 0.3) is 0 Å². The molecule has 0 bridgehead atoms. The number of hydrogen-bond acceptors (Lipinski definition) is 1. The molecule has 1 aliphatic rings. The van der Waals surface area contributed by atoms with Crippen molar-refractivity contribution in [2.75, 3.05) is 6.54 Å². The Hall–Kier alpha value is -0.0400. The summed E-state index contributed by atoms with van der Waals surface area (Å²) in [6, 6.07) is 0.792. The Bertz CT molecular complexity index is 105. The SMILES string of the molecule is CC(C)C(C)C1NCC1C. The summed E-state index contributed by atoms with van der Waals surface area (Å²) < 4.78 is 0. The summed E-state index contributed by atoms with van der Waals surface area (Å²) in [7, 11) is 0. The van der Waals surface area contributed by atoms with Gasteiger partial charge in [-0.05, 0) is 24.3 Å². The summed E-state index contributed by atoms with van der Waals surface area (Å²) in [5.41, 5.74) is 0. The minimum Gasteiger partial charge on any atom is -0.313 e. The molecule has 1 N–H and O–H groups in total. The van der Waals surface area contributed by atoms with Gasteiger partial charge in [-0.15, -0.1) is 0 Å². The minimum atomic E-state index is 0.792. The summed E-state index contributed by atoms with van der Waals surface area (Å²) in [4.78, 5) is 0. The van der Waals surface area contributed by atoms with Gasteiger partial charge in [0.25, 0.3) is 0 Å². The standard InChI is InChI=1S/C9H19N/c1-6(2)8(4)9-7(3)5-10-9/h6-10H,5H2,1-4H3. The molecule has 0 amide bonds. The van der Waals surface area contributed by atoms with E-state index in [1.54, 1.807) is 0 Å². The molecule has 0 radical (unpaired) electrons. The van der Waals surface area contributed by atoms with Gasteiger partial charge in [0.1, 0.15) is 0 Å². The smallest absolute Gasteiger partial charge is 0.0133 e. The number of nitrogens with one attached hydrogen (secondary N) is 1. The minimum absolute atomic E-state index is 0.792. The maximum atomic E-state index is 3.48. The summed E-state index contributed by atoms with van der Waals surface area (Å²) in [6.45, 7) is 10.5. The van der Waals surface area contributed by atoms with Gasteiger partial charge in [0.05, 0.1) is 0 Å². The van der Waals surface area contributed by atoms with E-state index in [1.165, 1.54) is 6.54 Å². The summed E-state index contributed by atoms with van der Waals surface area (Å²) >= 11 is 0. The molecular weight excluding hydrogens is 122 g/mol. The van der Waals surface area contributed by atoms with Gasteiger partial charge in [0.15, 0.2) is 0 Å². The lowest BCUT2D eigenvalue weighted by atomic mass is 9.79. The van der Waals surface area contributed by atoms with E-state index in [0.717, 1.165) is 23.8 Å². The monoisotopic (exact) mass is 141 g/mol. The Kier molecular flexibility index (Phi) is 2.35. The zero-order chi connectivity index (χ0) is 7.72. The molecule has 1 heteroatoms. The van der Waals surface area contributed by atoms with Crippen LogP contribution in [-0.4, -0.2) is 12.6 Å². The largest absolute Gasteiger partial charge is 0.313 e. The molecule has 0 aromatic carbocycles. The van der Waals surface area contributed by atoms with Crippen molar-refractivity contribution >= 4 is 0 Å². The molecule has 1 nitrogen and oxygen atoms in total. The second-order valence-electron chi connectivity index (χ2n) is 4.01. The van der Waals surface area contributed by atoms with Crippen molar-refractivity contribution < 1.29 is 0 Å². The molecule has 1 saturated heterocycles. The third-order valence-electron chi connectivity index (χ3n) is 2.91. The molecule has 3 unspecified atom stereocenters. The van der Waals surface area contributed by atoms with E-state index < -0.39 is 0 Å². The highest BCUT2D eigenvalue weighted by Gasteiger charge is 2.31. The van der Waals surface area contributed by atoms with Crippen LogP contribution in [0.5, 0.6) is 0 Å². The molecule has 0 aliphatic carbocycles. The van der Waals surface area contributed by atoms with Gasteiger partial charge >= 0.3 is 0 Å². The van der Waals surface area contributed by atoms with Crippen molar-refractivity contribution in [3.63, 3.8) is 0 Å². The van der Waals surface area contributed by atoms with Gasteiger partial charge in [-0.1, -0.05) is 27.7 Å². The topological polar surface area (TPSA) is 12.0 Å². The Morgan fingerprint density at radius 1 is 1.30 bits per heavy atom. The second-order valence-corrected chi connectivity index (χ2v) is 4.01. The fourth-order valence-corrected chi connectivity index (χ4v) is 1.61. The Balaban J connectivity index is 2.34. The van der Waals surface area contributed by atoms with Crippen molar-refractivity contribution in [3.8, 4) is 0 Å². The summed E-state index contributed by atoms with van der Waals surface area (Å²) in [5, 5.41) is 3.48. The van der Waals surface area contributed by atoms with E-state index in [-0.39, 0.29) is 0 Å². The predicted molar refractivity (Wildman–Crippen MR) is 45.0 cm³/mol. The van der Waals surface area contributed by atoms with Crippen LogP contribution in [0.2, 0.25) is 0 Å². The lowest BCUT2D eigenvalue weighted by molar-refractivity contribution is 0.153. The quantitative estimate of drug-likeness (QED) is 0.619. The van der Waals surface area contributed by atoms with Crippen LogP contribution in [-0.2, 0) is 0 Å². The molecule has 0 saturated carbocycles. The zero-order valence-corrected chi connectivity index (χ0v) is 7.52. The molecule has 3 atom stereocenters. The highest BCUT2D eigenvalue weighted by atomic mass is 15.0. The molecule has 60 valence electrons. The van der Waals surface area contributed by atoms with Crippen molar-refractivity contribution in [3.05, 3.63) is 0 Å². The van der Waals surface area contributed by atoms with Gasteiger partial charge < -0.3 is 5.32 Å². The van der Waals surface area contributed by atoms with Gasteiger partial charge in [-0.3, -0.25) is 0 Å². The molecule has 1 fully saturated rings. The van der Waals surface area contributed by atoms with Crippen molar-refractivity contribution in [2.45, 2.75) is 33.7 Å². The van der Waals surface area contributed by atoms with Crippen LogP contribution in [0.3, 0.4) is 0 Å². The molecule has 0 aromatic rings. The lowest BCUT2D eigenvalue weighted by Gasteiger charge is -2.41. The van der Waals surface area contributed by atoms with Crippen LogP contribution in [0.4, 0.5) is 0 Å². The molecule has 0 spiro atoms. The van der Waals surface area contributed by atoms with Crippen molar-refractivity contribution in [1.29, 1.82) is 0 Å². The Morgan fingerprint density at radius 2 is 1.90 bits per heavy atom.